The summed E-state index contributed by atoms with van der Waals surface area (Å²) in [5.41, 5.74) is 3.89. The van der Waals surface area contributed by atoms with Crippen LogP contribution in [0.1, 0.15) is 16.7 Å². The number of halogens is 2. The Morgan fingerprint density at radius 3 is 2.63 bits per heavy atom. The summed E-state index contributed by atoms with van der Waals surface area (Å²) >= 11 is 12.4. The first-order chi connectivity index (χ1) is 12.7. The van der Waals surface area contributed by atoms with Crippen molar-refractivity contribution >= 4 is 54.5 Å². The molecule has 1 N–H and O–H groups in total. The topological polar surface area (TPSA) is 38.3 Å². The Bertz CT molecular complexity index is 904. The van der Waals surface area contributed by atoms with Gasteiger partial charge in [0.15, 0.2) is 0 Å². The molecule has 6 heteroatoms. The number of anilines is 1. The molecule has 1 amide bonds. The number of ether oxygens (including phenoxy) is 1. The van der Waals surface area contributed by atoms with Crippen LogP contribution in [0.3, 0.4) is 0 Å². The van der Waals surface area contributed by atoms with Gasteiger partial charge in [-0.1, -0.05) is 61.0 Å². The summed E-state index contributed by atoms with van der Waals surface area (Å²) in [4.78, 5) is 12.6. The molecule has 142 valence electrons. The van der Waals surface area contributed by atoms with E-state index in [9.17, 15) is 4.79 Å². The predicted molar refractivity (Wildman–Crippen MR) is 117 cm³/mol. The quantitative estimate of drug-likeness (QED) is 0.336. The van der Waals surface area contributed by atoms with Gasteiger partial charge in [0, 0.05) is 41.4 Å². The van der Waals surface area contributed by atoms with Crippen LogP contribution in [0, 0.1) is 0 Å². The molecule has 0 saturated heterocycles. The molecule has 0 fully saturated rings. The van der Waals surface area contributed by atoms with E-state index >= 15 is 0 Å². The molecule has 1 aliphatic rings. The smallest absolute Gasteiger partial charge is 0.256 e. The number of hydrogen-bond acceptors (Lipinski definition) is 2. The second-order valence-electron chi connectivity index (χ2n) is 7.88. The lowest BCUT2D eigenvalue weighted by molar-refractivity contribution is -0.110. The van der Waals surface area contributed by atoms with Gasteiger partial charge in [-0.2, -0.15) is 0 Å². The maximum atomic E-state index is 12.6. The van der Waals surface area contributed by atoms with Gasteiger partial charge in [-0.05, 0) is 35.9 Å². The lowest BCUT2D eigenvalue weighted by Crippen LogP contribution is -2.21. The molecule has 2 aromatic carbocycles. The Kier molecular flexibility index (Phi) is 6.11. The van der Waals surface area contributed by atoms with Crippen LogP contribution in [0.5, 0.6) is 0 Å². The van der Waals surface area contributed by atoms with Crippen molar-refractivity contribution in [1.82, 2.24) is 0 Å². The van der Waals surface area contributed by atoms with Gasteiger partial charge in [0.2, 0.25) is 0 Å². The van der Waals surface area contributed by atoms with Crippen molar-refractivity contribution in [3.05, 3.63) is 63.1 Å². The highest BCUT2D eigenvalue weighted by Gasteiger charge is 2.27. The Labute approximate surface area is 171 Å². The number of nitrogens with one attached hydrogen (secondary N) is 1. The fraction of sp³-hybridized carbons (Fsp3) is 0.286. The van der Waals surface area contributed by atoms with E-state index in [2.05, 4.69) is 25.0 Å². The van der Waals surface area contributed by atoms with Gasteiger partial charge in [-0.3, -0.25) is 4.79 Å². The van der Waals surface area contributed by atoms with E-state index in [1.807, 2.05) is 42.5 Å². The first-order valence-electron chi connectivity index (χ1n) is 8.93. The highest BCUT2D eigenvalue weighted by atomic mass is 35.5. The minimum atomic E-state index is -1.15. The van der Waals surface area contributed by atoms with Crippen LogP contribution >= 0.6 is 23.2 Å². The zero-order chi connectivity index (χ0) is 19.6. The fourth-order valence-corrected chi connectivity index (χ4v) is 4.06. The summed E-state index contributed by atoms with van der Waals surface area (Å²) < 4.78 is 5.87. The summed E-state index contributed by atoms with van der Waals surface area (Å²) in [5.74, 6) is -0.143. The summed E-state index contributed by atoms with van der Waals surface area (Å²) in [6.45, 7) is 8.04. The molecule has 3 rings (SSSR count). The van der Waals surface area contributed by atoms with Crippen molar-refractivity contribution in [1.29, 1.82) is 0 Å². The molecule has 0 aromatic heterocycles. The van der Waals surface area contributed by atoms with Crippen LogP contribution in [0.4, 0.5) is 5.69 Å². The lowest BCUT2D eigenvalue weighted by atomic mass is 10.0. The molecule has 0 aliphatic carbocycles. The summed E-state index contributed by atoms with van der Waals surface area (Å²) in [6, 6.07) is 12.2. The second kappa shape index (κ2) is 8.19. The average Bonchev–Trinajstić information content (AvgIpc) is 2.88. The Morgan fingerprint density at radius 2 is 1.93 bits per heavy atom. The monoisotopic (exact) mass is 419 g/mol. The highest BCUT2D eigenvalue weighted by Crippen LogP contribution is 2.39. The van der Waals surface area contributed by atoms with Crippen molar-refractivity contribution in [3.63, 3.8) is 0 Å². The normalized spacial score (nSPS) is 15.1. The third kappa shape index (κ3) is 5.02. The number of benzene rings is 2. The SMILES string of the molecule is C[Si](C)(C)CCOCc1c(Cl)ccc2c1NC(=O)/C2=C/c1cccc(Cl)c1. The number of rotatable bonds is 6. The van der Waals surface area contributed by atoms with Gasteiger partial charge in [0.05, 0.1) is 12.3 Å². The molecule has 0 bridgehead atoms. The molecule has 0 unspecified atom stereocenters. The van der Waals surface area contributed by atoms with Crippen LogP contribution in [0.2, 0.25) is 35.7 Å². The van der Waals surface area contributed by atoms with E-state index < -0.39 is 8.07 Å². The molecular formula is C21H23Cl2NO2Si. The molecule has 0 atom stereocenters. The van der Waals surface area contributed by atoms with Crippen molar-refractivity contribution in [2.24, 2.45) is 0 Å². The Balaban J connectivity index is 1.86. The molecule has 0 saturated carbocycles. The van der Waals surface area contributed by atoms with Crippen LogP contribution < -0.4 is 5.32 Å². The van der Waals surface area contributed by atoms with Gasteiger partial charge in [-0.25, -0.2) is 0 Å². The van der Waals surface area contributed by atoms with Crippen molar-refractivity contribution < 1.29 is 9.53 Å². The van der Waals surface area contributed by atoms with E-state index in [1.165, 1.54) is 0 Å². The number of fused-ring (bicyclic) bond motifs is 1. The van der Waals surface area contributed by atoms with Gasteiger partial charge in [0.1, 0.15) is 0 Å². The molecule has 1 aliphatic heterocycles. The van der Waals surface area contributed by atoms with E-state index in [0.29, 0.717) is 28.8 Å². The molecule has 27 heavy (non-hydrogen) atoms. The Hall–Kier alpha value is -1.59. The van der Waals surface area contributed by atoms with Crippen LogP contribution in [0.15, 0.2) is 36.4 Å². The number of carbonyl (C=O) groups is 1. The summed E-state index contributed by atoms with van der Waals surface area (Å²) in [6.07, 6.45) is 1.84. The maximum absolute atomic E-state index is 12.6. The highest BCUT2D eigenvalue weighted by molar-refractivity contribution is 6.76. The average molecular weight is 420 g/mol. The molecule has 0 radical (unpaired) electrons. The molecule has 0 spiro atoms. The zero-order valence-corrected chi connectivity index (χ0v) is 18.2. The number of hydrogen-bond donors (Lipinski definition) is 1. The fourth-order valence-electron chi connectivity index (χ4n) is 2.89. The van der Waals surface area contributed by atoms with Crippen LogP contribution in [0.25, 0.3) is 11.6 Å². The van der Waals surface area contributed by atoms with Crippen molar-refractivity contribution in [3.8, 4) is 0 Å². The van der Waals surface area contributed by atoms with E-state index in [1.54, 1.807) is 0 Å². The second-order valence-corrected chi connectivity index (χ2v) is 14.3. The van der Waals surface area contributed by atoms with Crippen LogP contribution in [-0.4, -0.2) is 20.6 Å². The number of carbonyl (C=O) groups excluding carboxylic acids is 1. The molecular weight excluding hydrogens is 397 g/mol. The van der Waals surface area contributed by atoms with Gasteiger partial charge in [-0.15, -0.1) is 0 Å². The van der Waals surface area contributed by atoms with Gasteiger partial charge in [0.25, 0.3) is 5.91 Å². The minimum absolute atomic E-state index is 0.143. The Morgan fingerprint density at radius 1 is 1.15 bits per heavy atom. The molecule has 3 nitrogen and oxygen atoms in total. The first kappa shape index (κ1) is 20.1. The number of amides is 1. The zero-order valence-electron chi connectivity index (χ0n) is 15.7. The summed E-state index contributed by atoms with van der Waals surface area (Å²) in [7, 11) is -1.15. The first-order valence-corrected chi connectivity index (χ1v) is 13.4. The van der Waals surface area contributed by atoms with Crippen molar-refractivity contribution in [2.45, 2.75) is 32.3 Å². The molecule has 1 heterocycles. The lowest BCUT2D eigenvalue weighted by Gasteiger charge is -2.16. The van der Waals surface area contributed by atoms with Gasteiger partial charge < -0.3 is 10.1 Å². The third-order valence-electron chi connectivity index (χ3n) is 4.43. The van der Waals surface area contributed by atoms with Crippen LogP contribution in [-0.2, 0) is 16.1 Å². The van der Waals surface area contributed by atoms with E-state index in [4.69, 9.17) is 27.9 Å². The minimum Gasteiger partial charge on any atom is -0.377 e. The molecule has 2 aromatic rings. The predicted octanol–water partition coefficient (Wildman–Crippen LogP) is 6.34. The van der Waals surface area contributed by atoms with E-state index in [0.717, 1.165) is 28.4 Å². The van der Waals surface area contributed by atoms with Crippen molar-refractivity contribution in [2.75, 3.05) is 11.9 Å². The maximum Gasteiger partial charge on any atom is 0.256 e. The standard InChI is InChI=1S/C21H23Cl2NO2Si/c1-27(2,3)10-9-26-13-18-19(23)8-7-16-17(21(25)24-20(16)18)12-14-5-4-6-15(22)11-14/h4-8,11-12H,9-10,13H2,1-3H3,(H,24,25)/b17-12+. The van der Waals surface area contributed by atoms with Gasteiger partial charge >= 0.3 is 0 Å². The third-order valence-corrected chi connectivity index (χ3v) is 6.72. The largest absolute Gasteiger partial charge is 0.377 e. The van der Waals surface area contributed by atoms with E-state index in [-0.39, 0.29) is 5.91 Å². The summed E-state index contributed by atoms with van der Waals surface area (Å²) in [5, 5.41) is 4.19.